The highest BCUT2D eigenvalue weighted by Gasteiger charge is 2.30. The van der Waals surface area contributed by atoms with Crippen molar-refractivity contribution in [2.45, 2.75) is 45.6 Å². The third-order valence-corrected chi connectivity index (χ3v) is 5.10. The summed E-state index contributed by atoms with van der Waals surface area (Å²) in [6, 6.07) is 12.2. The molecule has 0 heterocycles. The van der Waals surface area contributed by atoms with E-state index in [1.807, 2.05) is 24.3 Å². The molecule has 1 aliphatic carbocycles. The average molecular weight is 372 g/mol. The lowest BCUT2D eigenvalue weighted by molar-refractivity contribution is 0.263. The van der Waals surface area contributed by atoms with Crippen molar-refractivity contribution >= 4 is 23.1 Å². The van der Waals surface area contributed by atoms with Gasteiger partial charge in [0.2, 0.25) is 0 Å². The Morgan fingerprint density at radius 1 is 1.27 bits per heavy atom. The van der Waals surface area contributed by atoms with Gasteiger partial charge in [0.15, 0.2) is 0 Å². The molecule has 1 saturated carbocycles. The van der Waals surface area contributed by atoms with Crippen molar-refractivity contribution in [2.24, 2.45) is 0 Å². The Kier molecular flexibility index (Phi) is 5.79. The minimum absolute atomic E-state index is 0.0304. The minimum Gasteiger partial charge on any atom is -0.489 e. The van der Waals surface area contributed by atoms with Gasteiger partial charge in [-0.05, 0) is 67.1 Å². The van der Waals surface area contributed by atoms with Crippen LogP contribution in [0.15, 0.2) is 36.4 Å². The van der Waals surface area contributed by atoms with E-state index in [-0.39, 0.29) is 5.17 Å². The van der Waals surface area contributed by atoms with Crippen molar-refractivity contribution in [1.82, 2.24) is 0 Å². The normalized spacial score (nSPS) is 13.4. The van der Waals surface area contributed by atoms with Crippen LogP contribution < -0.4 is 9.80 Å². The number of aryl methyl sites for hydroxylation is 2. The molecular weight excluding hydrogens is 346 g/mol. The Bertz CT molecular complexity index is 802. The van der Waals surface area contributed by atoms with E-state index in [4.69, 9.17) is 21.7 Å². The summed E-state index contributed by atoms with van der Waals surface area (Å²) in [6.45, 7) is 4.54. The summed E-state index contributed by atoms with van der Waals surface area (Å²) in [5, 5.41) is 11.6. The Balaban J connectivity index is 1.87. The molecule has 26 heavy (non-hydrogen) atoms. The Labute approximate surface area is 160 Å². The van der Waals surface area contributed by atoms with E-state index in [0.29, 0.717) is 18.2 Å². The number of ether oxygens (including phenoxy) is 2. The number of methoxy groups -OCH3 is 1. The maximum Gasteiger partial charge on any atom is 0.288 e. The lowest BCUT2D eigenvalue weighted by Gasteiger charge is -2.23. The van der Waals surface area contributed by atoms with Crippen molar-refractivity contribution in [3.63, 3.8) is 0 Å². The minimum atomic E-state index is 0.0304. The van der Waals surface area contributed by atoms with Crippen LogP contribution in [-0.4, -0.2) is 17.5 Å². The molecule has 1 fully saturated rings. The summed E-state index contributed by atoms with van der Waals surface area (Å²) in [5.41, 5.74) is 5.06. The summed E-state index contributed by atoms with van der Waals surface area (Å²) in [4.78, 5) is 0. The SMILES string of the molecule is CCc1ccc(OCc2cccc(C3CC3)c2N(O)C(=S)OC)c(C)c1. The number of hydroxylamine groups is 1. The number of benzene rings is 2. The van der Waals surface area contributed by atoms with Crippen molar-refractivity contribution < 1.29 is 14.7 Å². The molecule has 3 rings (SSSR count). The quantitative estimate of drug-likeness (QED) is 0.562. The summed E-state index contributed by atoms with van der Waals surface area (Å²) in [7, 11) is 1.46. The first-order valence-electron chi connectivity index (χ1n) is 8.96. The zero-order valence-corrected chi connectivity index (χ0v) is 16.3. The lowest BCUT2D eigenvalue weighted by Crippen LogP contribution is -2.28. The summed E-state index contributed by atoms with van der Waals surface area (Å²) < 4.78 is 11.1. The molecule has 0 spiro atoms. The van der Waals surface area contributed by atoms with Gasteiger partial charge in [0.1, 0.15) is 12.4 Å². The maximum atomic E-state index is 10.6. The highest BCUT2D eigenvalue weighted by atomic mass is 32.1. The third-order valence-electron chi connectivity index (χ3n) is 4.76. The van der Waals surface area contributed by atoms with E-state index < -0.39 is 0 Å². The van der Waals surface area contributed by atoms with Crippen LogP contribution in [0.1, 0.15) is 47.9 Å². The fraction of sp³-hybridized carbons (Fsp3) is 0.381. The van der Waals surface area contributed by atoms with Crippen LogP contribution >= 0.6 is 12.2 Å². The Hall–Kier alpha value is -2.11. The molecular formula is C21H25NO3S. The first-order chi connectivity index (χ1) is 12.5. The number of hydrogen-bond donors (Lipinski definition) is 1. The van der Waals surface area contributed by atoms with Gasteiger partial charge in [0, 0.05) is 5.56 Å². The van der Waals surface area contributed by atoms with Gasteiger partial charge in [-0.1, -0.05) is 37.3 Å². The van der Waals surface area contributed by atoms with Crippen LogP contribution in [0.5, 0.6) is 5.75 Å². The second kappa shape index (κ2) is 8.06. The van der Waals surface area contributed by atoms with Gasteiger partial charge in [-0.2, -0.15) is 5.06 Å². The van der Waals surface area contributed by atoms with Crippen molar-refractivity contribution in [2.75, 3.05) is 12.2 Å². The predicted octanol–water partition coefficient (Wildman–Crippen LogP) is 5.14. The van der Waals surface area contributed by atoms with Gasteiger partial charge in [-0.3, -0.25) is 5.21 Å². The first kappa shape index (κ1) is 18.7. The van der Waals surface area contributed by atoms with Gasteiger partial charge < -0.3 is 9.47 Å². The lowest BCUT2D eigenvalue weighted by atomic mass is 10.0. The highest BCUT2D eigenvalue weighted by molar-refractivity contribution is 7.80. The molecule has 1 aliphatic rings. The molecule has 0 atom stereocenters. The van der Waals surface area contributed by atoms with Crippen LogP contribution in [0.2, 0.25) is 0 Å². The van der Waals surface area contributed by atoms with Crippen LogP contribution in [-0.2, 0) is 17.8 Å². The second-order valence-electron chi connectivity index (χ2n) is 6.65. The smallest absolute Gasteiger partial charge is 0.288 e. The number of hydrogen-bond acceptors (Lipinski definition) is 4. The molecule has 138 valence electrons. The molecule has 1 N–H and O–H groups in total. The zero-order valence-electron chi connectivity index (χ0n) is 15.5. The largest absolute Gasteiger partial charge is 0.489 e. The molecule has 0 saturated heterocycles. The van der Waals surface area contributed by atoms with E-state index in [2.05, 4.69) is 26.0 Å². The summed E-state index contributed by atoms with van der Waals surface area (Å²) >= 11 is 5.13. The van der Waals surface area contributed by atoms with E-state index in [9.17, 15) is 5.21 Å². The van der Waals surface area contributed by atoms with E-state index in [1.165, 1.54) is 12.7 Å². The molecule has 0 amide bonds. The topological polar surface area (TPSA) is 41.9 Å². The van der Waals surface area contributed by atoms with Crippen molar-refractivity contribution in [3.05, 3.63) is 58.7 Å². The van der Waals surface area contributed by atoms with Gasteiger partial charge in [-0.25, -0.2) is 0 Å². The van der Waals surface area contributed by atoms with Crippen LogP contribution in [0.25, 0.3) is 0 Å². The molecule has 0 bridgehead atoms. The molecule has 0 radical (unpaired) electrons. The predicted molar refractivity (Wildman–Crippen MR) is 107 cm³/mol. The third kappa shape index (κ3) is 4.00. The van der Waals surface area contributed by atoms with Crippen LogP contribution in [0.3, 0.4) is 0 Å². The standard InChI is InChI=1S/C21H25NO3S/c1-4-15-8-11-19(14(2)12-15)25-13-17-6-5-7-18(16-9-10-16)20(17)22(23)21(26)24-3/h5-8,11-12,16,23H,4,9-10,13H2,1-3H3. The maximum absolute atomic E-state index is 10.6. The monoisotopic (exact) mass is 371 g/mol. The second-order valence-corrected chi connectivity index (χ2v) is 7.00. The Morgan fingerprint density at radius 2 is 2.04 bits per heavy atom. The molecule has 4 nitrogen and oxygen atoms in total. The van der Waals surface area contributed by atoms with Gasteiger partial charge in [-0.15, -0.1) is 0 Å². The zero-order chi connectivity index (χ0) is 18.7. The van der Waals surface area contributed by atoms with Gasteiger partial charge in [0.25, 0.3) is 5.17 Å². The summed E-state index contributed by atoms with van der Waals surface area (Å²) in [6.07, 6.45) is 3.26. The number of anilines is 1. The first-order valence-corrected chi connectivity index (χ1v) is 9.37. The number of thiocarbonyl (C=S) groups is 1. The number of para-hydroxylation sites is 1. The van der Waals surface area contributed by atoms with Gasteiger partial charge >= 0.3 is 0 Å². The molecule has 2 aromatic carbocycles. The highest BCUT2D eigenvalue weighted by Crippen LogP contribution is 2.45. The van der Waals surface area contributed by atoms with Crippen molar-refractivity contribution in [1.29, 1.82) is 0 Å². The molecule has 2 aromatic rings. The summed E-state index contributed by atoms with van der Waals surface area (Å²) in [5.74, 6) is 1.31. The van der Waals surface area contributed by atoms with Gasteiger partial charge in [0.05, 0.1) is 12.8 Å². The fourth-order valence-corrected chi connectivity index (χ4v) is 3.23. The molecule has 0 aliphatic heterocycles. The van der Waals surface area contributed by atoms with Crippen LogP contribution in [0, 0.1) is 6.92 Å². The Morgan fingerprint density at radius 3 is 2.65 bits per heavy atom. The van der Waals surface area contributed by atoms with E-state index in [0.717, 1.165) is 46.8 Å². The molecule has 0 unspecified atom stereocenters. The number of nitrogens with zero attached hydrogens (tertiary/aromatic N) is 1. The molecule has 0 aromatic heterocycles. The average Bonchev–Trinajstić information content (AvgIpc) is 3.50. The van der Waals surface area contributed by atoms with E-state index >= 15 is 0 Å². The van der Waals surface area contributed by atoms with Crippen molar-refractivity contribution in [3.8, 4) is 5.75 Å². The van der Waals surface area contributed by atoms with E-state index in [1.54, 1.807) is 0 Å². The fourth-order valence-electron chi connectivity index (χ4n) is 3.14. The molecule has 5 heteroatoms. The number of rotatable bonds is 6. The van der Waals surface area contributed by atoms with Crippen LogP contribution in [0.4, 0.5) is 5.69 Å².